The molecule has 0 spiro atoms. The standard InChI is InChI=1S/C10H17NO2/c1-7(2)5-10(9(11)13)4-3-8(12)6-10/h7H,3-6H2,1-2H3,(H2,11,13). The van der Waals surface area contributed by atoms with E-state index in [1.807, 2.05) is 13.8 Å². The van der Waals surface area contributed by atoms with Gasteiger partial charge in [-0.05, 0) is 18.8 Å². The van der Waals surface area contributed by atoms with E-state index >= 15 is 0 Å². The molecule has 1 aliphatic carbocycles. The van der Waals surface area contributed by atoms with Crippen molar-refractivity contribution < 1.29 is 9.59 Å². The molecule has 2 N–H and O–H groups in total. The fourth-order valence-electron chi connectivity index (χ4n) is 2.20. The molecular weight excluding hydrogens is 166 g/mol. The van der Waals surface area contributed by atoms with Gasteiger partial charge >= 0.3 is 0 Å². The van der Waals surface area contributed by atoms with Gasteiger partial charge in [0.2, 0.25) is 5.91 Å². The van der Waals surface area contributed by atoms with Gasteiger partial charge in [0.25, 0.3) is 0 Å². The highest BCUT2D eigenvalue weighted by Gasteiger charge is 2.43. The van der Waals surface area contributed by atoms with Crippen LogP contribution >= 0.6 is 0 Å². The van der Waals surface area contributed by atoms with Crippen LogP contribution in [0.2, 0.25) is 0 Å². The highest BCUT2D eigenvalue weighted by Crippen LogP contribution is 2.41. The third-order valence-corrected chi connectivity index (χ3v) is 2.74. The number of hydrogen-bond donors (Lipinski definition) is 1. The van der Waals surface area contributed by atoms with E-state index in [4.69, 9.17) is 5.73 Å². The molecule has 1 aliphatic rings. The molecule has 0 aliphatic heterocycles. The van der Waals surface area contributed by atoms with E-state index in [0.717, 1.165) is 6.42 Å². The number of Topliss-reactive ketones (excluding diaryl/α,β-unsaturated/α-hetero) is 1. The van der Waals surface area contributed by atoms with Crippen molar-refractivity contribution in [1.29, 1.82) is 0 Å². The molecule has 0 saturated heterocycles. The first-order valence-corrected chi connectivity index (χ1v) is 4.78. The molecule has 0 radical (unpaired) electrons. The van der Waals surface area contributed by atoms with Gasteiger partial charge in [-0.25, -0.2) is 0 Å². The van der Waals surface area contributed by atoms with Crippen molar-refractivity contribution in [3.05, 3.63) is 0 Å². The molecule has 0 aromatic carbocycles. The fraction of sp³-hybridized carbons (Fsp3) is 0.800. The molecule has 0 bridgehead atoms. The van der Waals surface area contributed by atoms with Crippen LogP contribution in [0.5, 0.6) is 0 Å². The topological polar surface area (TPSA) is 60.2 Å². The van der Waals surface area contributed by atoms with E-state index < -0.39 is 5.41 Å². The Bertz CT molecular complexity index is 235. The predicted octanol–water partition coefficient (Wildman–Crippen LogP) is 1.26. The second-order valence-electron chi connectivity index (χ2n) is 4.46. The number of carbonyl (C=O) groups is 2. The van der Waals surface area contributed by atoms with E-state index in [1.165, 1.54) is 0 Å². The van der Waals surface area contributed by atoms with Crippen molar-refractivity contribution in [2.75, 3.05) is 0 Å². The molecule has 1 saturated carbocycles. The van der Waals surface area contributed by atoms with E-state index in [1.54, 1.807) is 0 Å². The molecule has 74 valence electrons. The van der Waals surface area contributed by atoms with Gasteiger partial charge in [0.05, 0.1) is 5.41 Å². The maximum Gasteiger partial charge on any atom is 0.224 e. The molecule has 0 aromatic heterocycles. The zero-order chi connectivity index (χ0) is 10.1. The van der Waals surface area contributed by atoms with E-state index in [2.05, 4.69) is 0 Å². The van der Waals surface area contributed by atoms with Gasteiger partial charge in [-0.1, -0.05) is 13.8 Å². The maximum atomic E-state index is 11.3. The summed E-state index contributed by atoms with van der Waals surface area (Å²) in [6.45, 7) is 4.10. The summed E-state index contributed by atoms with van der Waals surface area (Å²) in [5, 5.41) is 0. The van der Waals surface area contributed by atoms with Crippen molar-refractivity contribution in [1.82, 2.24) is 0 Å². The smallest absolute Gasteiger partial charge is 0.224 e. The summed E-state index contributed by atoms with van der Waals surface area (Å²) in [5.74, 6) is 0.296. The van der Waals surface area contributed by atoms with Crippen LogP contribution in [0.3, 0.4) is 0 Å². The molecule has 1 rings (SSSR count). The van der Waals surface area contributed by atoms with Crippen LogP contribution < -0.4 is 5.73 Å². The van der Waals surface area contributed by atoms with Gasteiger partial charge in [0, 0.05) is 12.8 Å². The van der Waals surface area contributed by atoms with Crippen molar-refractivity contribution in [2.45, 2.75) is 39.5 Å². The van der Waals surface area contributed by atoms with E-state index in [-0.39, 0.29) is 11.7 Å². The Hall–Kier alpha value is -0.860. The van der Waals surface area contributed by atoms with Crippen LogP contribution in [0.1, 0.15) is 39.5 Å². The van der Waals surface area contributed by atoms with Crippen LogP contribution in [-0.4, -0.2) is 11.7 Å². The monoisotopic (exact) mass is 183 g/mol. The second kappa shape index (κ2) is 3.48. The average molecular weight is 183 g/mol. The van der Waals surface area contributed by atoms with Gasteiger partial charge in [-0.2, -0.15) is 0 Å². The third-order valence-electron chi connectivity index (χ3n) is 2.74. The molecule has 3 heteroatoms. The Morgan fingerprint density at radius 2 is 2.23 bits per heavy atom. The fourth-order valence-corrected chi connectivity index (χ4v) is 2.20. The largest absolute Gasteiger partial charge is 0.369 e. The normalized spacial score (nSPS) is 28.4. The molecular formula is C10H17NO2. The molecule has 1 fully saturated rings. The summed E-state index contributed by atoms with van der Waals surface area (Å²) in [4.78, 5) is 22.4. The lowest BCUT2D eigenvalue weighted by Gasteiger charge is -2.25. The first-order valence-electron chi connectivity index (χ1n) is 4.78. The van der Waals surface area contributed by atoms with Gasteiger partial charge in [0.1, 0.15) is 5.78 Å². The molecule has 0 aromatic rings. The first-order chi connectivity index (χ1) is 5.96. The summed E-state index contributed by atoms with van der Waals surface area (Å²) in [6.07, 6.45) is 2.28. The van der Waals surface area contributed by atoms with Crippen molar-refractivity contribution in [2.24, 2.45) is 17.1 Å². The Kier molecular flexibility index (Phi) is 2.74. The maximum absolute atomic E-state index is 11.3. The molecule has 1 atom stereocenters. The van der Waals surface area contributed by atoms with Gasteiger partial charge in [-0.15, -0.1) is 0 Å². The average Bonchev–Trinajstić information content (AvgIpc) is 2.31. The lowest BCUT2D eigenvalue weighted by Crippen LogP contribution is -2.36. The van der Waals surface area contributed by atoms with Crippen molar-refractivity contribution in [3.8, 4) is 0 Å². The number of nitrogens with two attached hydrogens (primary N) is 1. The minimum atomic E-state index is -0.523. The van der Waals surface area contributed by atoms with Crippen LogP contribution in [0.25, 0.3) is 0 Å². The number of carbonyl (C=O) groups excluding carboxylic acids is 2. The number of amides is 1. The summed E-state index contributed by atoms with van der Waals surface area (Å²) in [5.41, 5.74) is 4.83. The Morgan fingerprint density at radius 1 is 1.62 bits per heavy atom. The summed E-state index contributed by atoms with van der Waals surface area (Å²) < 4.78 is 0. The minimum Gasteiger partial charge on any atom is -0.369 e. The molecule has 1 amide bonds. The molecule has 13 heavy (non-hydrogen) atoms. The highest BCUT2D eigenvalue weighted by molar-refractivity contribution is 5.92. The van der Waals surface area contributed by atoms with Gasteiger partial charge < -0.3 is 5.73 Å². The van der Waals surface area contributed by atoms with Crippen LogP contribution in [0.15, 0.2) is 0 Å². The quantitative estimate of drug-likeness (QED) is 0.716. The van der Waals surface area contributed by atoms with E-state index in [9.17, 15) is 9.59 Å². The zero-order valence-electron chi connectivity index (χ0n) is 8.30. The number of hydrogen-bond acceptors (Lipinski definition) is 2. The highest BCUT2D eigenvalue weighted by atomic mass is 16.2. The van der Waals surface area contributed by atoms with Gasteiger partial charge in [0.15, 0.2) is 0 Å². The minimum absolute atomic E-state index is 0.180. The number of primary amides is 1. The Balaban J connectivity index is 2.77. The summed E-state index contributed by atoms with van der Waals surface area (Å²) in [7, 11) is 0. The van der Waals surface area contributed by atoms with Crippen LogP contribution in [0, 0.1) is 11.3 Å². The van der Waals surface area contributed by atoms with Gasteiger partial charge in [-0.3, -0.25) is 9.59 Å². The van der Waals surface area contributed by atoms with Crippen molar-refractivity contribution >= 4 is 11.7 Å². The number of rotatable bonds is 3. The van der Waals surface area contributed by atoms with Crippen LogP contribution in [-0.2, 0) is 9.59 Å². The van der Waals surface area contributed by atoms with Crippen LogP contribution in [0.4, 0.5) is 0 Å². The van der Waals surface area contributed by atoms with Crippen molar-refractivity contribution in [3.63, 3.8) is 0 Å². The Morgan fingerprint density at radius 3 is 2.54 bits per heavy atom. The number of ketones is 1. The summed E-state index contributed by atoms with van der Waals surface area (Å²) in [6, 6.07) is 0. The van der Waals surface area contributed by atoms with E-state index in [0.29, 0.717) is 25.2 Å². The Labute approximate surface area is 78.7 Å². The molecule has 3 nitrogen and oxygen atoms in total. The lowest BCUT2D eigenvalue weighted by atomic mass is 9.78. The molecule has 1 unspecified atom stereocenters. The lowest BCUT2D eigenvalue weighted by molar-refractivity contribution is -0.130. The SMILES string of the molecule is CC(C)CC1(C(N)=O)CCC(=O)C1. The first kappa shape index (κ1) is 10.2. The zero-order valence-corrected chi connectivity index (χ0v) is 8.30. The third kappa shape index (κ3) is 2.08. The molecule has 0 heterocycles. The summed E-state index contributed by atoms with van der Waals surface area (Å²) >= 11 is 0. The predicted molar refractivity (Wildman–Crippen MR) is 49.9 cm³/mol. The second-order valence-corrected chi connectivity index (χ2v) is 4.46.